The molecule has 0 aliphatic rings. The van der Waals surface area contributed by atoms with Crippen LogP contribution in [0.3, 0.4) is 0 Å². The molecule has 1 heterocycles. The number of hydrogen-bond donors (Lipinski definition) is 1. The first-order chi connectivity index (χ1) is 8.16. The molecule has 0 saturated heterocycles. The van der Waals surface area contributed by atoms with Crippen LogP contribution in [0.4, 0.5) is 11.4 Å². The Bertz CT molecular complexity index is 546. The van der Waals surface area contributed by atoms with Crippen molar-refractivity contribution in [2.75, 3.05) is 5.73 Å². The van der Waals surface area contributed by atoms with Gasteiger partial charge in [-0.25, -0.2) is 0 Å². The molecule has 1 aromatic carbocycles. The van der Waals surface area contributed by atoms with Crippen LogP contribution >= 0.6 is 11.8 Å². The van der Waals surface area contributed by atoms with Crippen molar-refractivity contribution in [1.82, 2.24) is 4.98 Å². The summed E-state index contributed by atoms with van der Waals surface area (Å²) in [5.74, 6) is 0. The van der Waals surface area contributed by atoms with E-state index in [1.54, 1.807) is 18.5 Å². The summed E-state index contributed by atoms with van der Waals surface area (Å²) in [6.45, 7) is 0. The third-order valence-electron chi connectivity index (χ3n) is 2.08. The van der Waals surface area contributed by atoms with Gasteiger partial charge >= 0.3 is 0 Å². The van der Waals surface area contributed by atoms with E-state index in [4.69, 9.17) is 5.73 Å². The highest BCUT2D eigenvalue weighted by atomic mass is 32.2. The van der Waals surface area contributed by atoms with Gasteiger partial charge in [-0.3, -0.25) is 15.1 Å². The number of non-ortho nitro benzene ring substituents is 1. The number of nitrogens with two attached hydrogens (primary N) is 1. The van der Waals surface area contributed by atoms with Crippen molar-refractivity contribution < 1.29 is 4.92 Å². The maximum atomic E-state index is 10.6. The second-order valence-corrected chi connectivity index (χ2v) is 4.38. The monoisotopic (exact) mass is 247 g/mol. The van der Waals surface area contributed by atoms with Crippen LogP contribution in [-0.4, -0.2) is 9.91 Å². The third-order valence-corrected chi connectivity index (χ3v) is 3.18. The van der Waals surface area contributed by atoms with Crippen molar-refractivity contribution in [2.24, 2.45) is 0 Å². The molecule has 0 unspecified atom stereocenters. The molecule has 2 N–H and O–H groups in total. The Kier molecular flexibility index (Phi) is 3.24. The minimum Gasteiger partial charge on any atom is -0.398 e. The van der Waals surface area contributed by atoms with Gasteiger partial charge in [0.05, 0.1) is 10.6 Å². The molecule has 0 spiro atoms. The molecular weight excluding hydrogens is 238 g/mol. The minimum absolute atomic E-state index is 0.00146. The molecule has 5 nitrogen and oxygen atoms in total. The molecule has 6 heteroatoms. The Morgan fingerprint density at radius 3 is 2.53 bits per heavy atom. The second-order valence-electron chi connectivity index (χ2n) is 3.26. The van der Waals surface area contributed by atoms with Crippen LogP contribution < -0.4 is 5.73 Å². The second kappa shape index (κ2) is 4.84. The van der Waals surface area contributed by atoms with Crippen molar-refractivity contribution >= 4 is 23.1 Å². The lowest BCUT2D eigenvalue weighted by atomic mass is 10.3. The predicted molar refractivity (Wildman–Crippen MR) is 65.9 cm³/mol. The lowest BCUT2D eigenvalue weighted by Gasteiger charge is -2.04. The first-order valence-corrected chi connectivity index (χ1v) is 5.60. The average Bonchev–Trinajstić information content (AvgIpc) is 2.33. The number of aromatic nitrogens is 1. The van der Waals surface area contributed by atoms with E-state index < -0.39 is 4.92 Å². The van der Waals surface area contributed by atoms with Gasteiger partial charge < -0.3 is 5.73 Å². The van der Waals surface area contributed by atoms with Gasteiger partial charge in [0, 0.05) is 34.3 Å². The zero-order valence-corrected chi connectivity index (χ0v) is 9.55. The van der Waals surface area contributed by atoms with Crippen LogP contribution in [0.25, 0.3) is 0 Å². The van der Waals surface area contributed by atoms with Gasteiger partial charge in [0.1, 0.15) is 0 Å². The molecule has 2 aromatic rings. The van der Waals surface area contributed by atoms with Gasteiger partial charge in [-0.2, -0.15) is 0 Å². The van der Waals surface area contributed by atoms with Crippen LogP contribution in [0.1, 0.15) is 0 Å². The van der Waals surface area contributed by atoms with E-state index in [2.05, 4.69) is 4.98 Å². The quantitative estimate of drug-likeness (QED) is 0.512. The van der Waals surface area contributed by atoms with Gasteiger partial charge in [-0.1, -0.05) is 11.8 Å². The molecule has 0 atom stereocenters. The van der Waals surface area contributed by atoms with Crippen LogP contribution in [0.15, 0.2) is 52.5 Å². The summed E-state index contributed by atoms with van der Waals surface area (Å²) in [7, 11) is 0. The molecule has 0 aliphatic carbocycles. The summed E-state index contributed by atoms with van der Waals surface area (Å²) in [6.07, 6.45) is 3.37. The van der Waals surface area contributed by atoms with E-state index in [0.717, 1.165) is 9.79 Å². The van der Waals surface area contributed by atoms with Crippen molar-refractivity contribution in [2.45, 2.75) is 9.79 Å². The lowest BCUT2D eigenvalue weighted by Crippen LogP contribution is -1.93. The first kappa shape index (κ1) is 11.4. The summed E-state index contributed by atoms with van der Waals surface area (Å²) < 4.78 is 0. The summed E-state index contributed by atoms with van der Waals surface area (Å²) >= 11 is 1.45. The highest BCUT2D eigenvalue weighted by Crippen LogP contribution is 2.33. The van der Waals surface area contributed by atoms with Crippen molar-refractivity contribution in [3.63, 3.8) is 0 Å². The Morgan fingerprint density at radius 1 is 1.24 bits per heavy atom. The number of benzene rings is 1. The molecule has 17 heavy (non-hydrogen) atoms. The largest absolute Gasteiger partial charge is 0.398 e. The van der Waals surface area contributed by atoms with Crippen molar-refractivity contribution in [3.05, 3.63) is 52.8 Å². The number of rotatable bonds is 3. The maximum absolute atomic E-state index is 10.6. The maximum Gasteiger partial charge on any atom is 0.271 e. The highest BCUT2D eigenvalue weighted by molar-refractivity contribution is 7.99. The standard InChI is InChI=1S/C11H9N3O2S/c12-10-7-8(14(15)16)1-2-11(10)17-9-3-5-13-6-4-9/h1-7H,12H2. The minimum atomic E-state index is -0.461. The van der Waals surface area contributed by atoms with Crippen LogP contribution in [-0.2, 0) is 0 Å². The van der Waals surface area contributed by atoms with E-state index in [0.29, 0.717) is 5.69 Å². The van der Waals surface area contributed by atoms with Gasteiger partial charge in [0.25, 0.3) is 5.69 Å². The number of nitro groups is 1. The van der Waals surface area contributed by atoms with Gasteiger partial charge in [0.15, 0.2) is 0 Å². The Labute approximate surface area is 102 Å². The zero-order chi connectivity index (χ0) is 12.3. The van der Waals surface area contributed by atoms with Gasteiger partial charge in [0.2, 0.25) is 0 Å². The Morgan fingerprint density at radius 2 is 1.94 bits per heavy atom. The van der Waals surface area contributed by atoms with E-state index in [1.807, 2.05) is 12.1 Å². The summed E-state index contributed by atoms with van der Waals surface area (Å²) in [6, 6.07) is 8.17. The number of nitro benzene ring substituents is 1. The SMILES string of the molecule is Nc1cc([N+](=O)[O-])ccc1Sc1ccncc1. The fourth-order valence-electron chi connectivity index (χ4n) is 1.28. The van der Waals surface area contributed by atoms with E-state index in [9.17, 15) is 10.1 Å². The molecule has 0 bridgehead atoms. The van der Waals surface area contributed by atoms with Crippen molar-refractivity contribution in [3.8, 4) is 0 Å². The molecule has 0 saturated carbocycles. The first-order valence-electron chi connectivity index (χ1n) is 4.78. The lowest BCUT2D eigenvalue weighted by molar-refractivity contribution is -0.384. The van der Waals surface area contributed by atoms with E-state index in [-0.39, 0.29) is 5.69 Å². The molecule has 2 rings (SSSR count). The summed E-state index contributed by atoms with van der Waals surface area (Å²) in [4.78, 5) is 15.8. The van der Waals surface area contributed by atoms with Crippen molar-refractivity contribution in [1.29, 1.82) is 0 Å². The Hall–Kier alpha value is -2.08. The molecule has 86 valence electrons. The van der Waals surface area contributed by atoms with Gasteiger partial charge in [-0.05, 0) is 18.2 Å². The smallest absolute Gasteiger partial charge is 0.271 e. The van der Waals surface area contributed by atoms with Crippen LogP contribution in [0, 0.1) is 10.1 Å². The predicted octanol–water partition coefficient (Wildman–Crippen LogP) is 2.72. The molecular formula is C11H9N3O2S. The third kappa shape index (κ3) is 2.73. The fraction of sp³-hybridized carbons (Fsp3) is 0. The molecule has 0 aliphatic heterocycles. The highest BCUT2D eigenvalue weighted by Gasteiger charge is 2.09. The molecule has 0 amide bonds. The van der Waals surface area contributed by atoms with Gasteiger partial charge in [-0.15, -0.1) is 0 Å². The van der Waals surface area contributed by atoms with E-state index in [1.165, 1.54) is 23.9 Å². The summed E-state index contributed by atoms with van der Waals surface area (Å²) in [5, 5.41) is 10.6. The number of nitrogen functional groups attached to an aromatic ring is 1. The number of pyridine rings is 1. The fourth-order valence-corrected chi connectivity index (χ4v) is 2.10. The number of anilines is 1. The molecule has 0 radical (unpaired) electrons. The normalized spacial score (nSPS) is 10.1. The topological polar surface area (TPSA) is 82.0 Å². The number of nitrogens with zero attached hydrogens (tertiary/aromatic N) is 2. The van der Waals surface area contributed by atoms with E-state index >= 15 is 0 Å². The Balaban J connectivity index is 2.26. The summed E-state index contributed by atoms with van der Waals surface area (Å²) in [5.41, 5.74) is 6.17. The zero-order valence-electron chi connectivity index (χ0n) is 8.74. The number of hydrogen-bond acceptors (Lipinski definition) is 5. The molecule has 0 fully saturated rings. The molecule has 1 aromatic heterocycles. The van der Waals surface area contributed by atoms with Crippen LogP contribution in [0.5, 0.6) is 0 Å². The average molecular weight is 247 g/mol. The van der Waals surface area contributed by atoms with Crippen LogP contribution in [0.2, 0.25) is 0 Å².